The normalized spacial score (nSPS) is 16.8. The van der Waals surface area contributed by atoms with Crippen LogP contribution in [-0.4, -0.2) is 34.1 Å². The van der Waals surface area contributed by atoms with E-state index in [1.54, 1.807) is 54.6 Å². The molecule has 1 atom stereocenters. The van der Waals surface area contributed by atoms with Crippen LogP contribution in [-0.2, 0) is 15.3 Å². The van der Waals surface area contributed by atoms with Crippen molar-refractivity contribution < 1.29 is 19.4 Å². The number of anilines is 1. The van der Waals surface area contributed by atoms with E-state index in [-0.39, 0.29) is 16.5 Å². The Kier molecular flexibility index (Phi) is 7.27. The Labute approximate surface area is 226 Å². The number of carbonyl (C=O) groups is 2. The number of thioether (sulfide) groups is 1. The van der Waals surface area contributed by atoms with Gasteiger partial charge in [0, 0.05) is 16.3 Å². The van der Waals surface area contributed by atoms with Crippen LogP contribution in [0.2, 0.25) is 5.02 Å². The minimum atomic E-state index is -0.912. The molecule has 1 aliphatic heterocycles. The number of nitrogens with zero attached hydrogens (tertiary/aromatic N) is 3. The Bertz CT molecular complexity index is 1510. The summed E-state index contributed by atoms with van der Waals surface area (Å²) in [7, 11) is 1.53. The monoisotopic (exact) mass is 549 g/mol. The minimum absolute atomic E-state index is 0.0232. The summed E-state index contributed by atoms with van der Waals surface area (Å²) < 4.78 is 5.99. The molecule has 1 aliphatic rings. The van der Waals surface area contributed by atoms with E-state index in [1.165, 1.54) is 35.1 Å². The van der Waals surface area contributed by atoms with Crippen LogP contribution in [0.25, 0.3) is 5.76 Å². The van der Waals surface area contributed by atoms with Crippen LogP contribution in [0, 0.1) is 0 Å². The van der Waals surface area contributed by atoms with Gasteiger partial charge in [-0.05, 0) is 29.3 Å². The molecule has 0 spiro atoms. The topological polar surface area (TPSA) is 92.6 Å². The van der Waals surface area contributed by atoms with Crippen molar-refractivity contribution in [2.45, 2.75) is 16.1 Å². The van der Waals surface area contributed by atoms with Gasteiger partial charge in [-0.2, -0.15) is 0 Å². The molecule has 10 heteroatoms. The van der Waals surface area contributed by atoms with Crippen LogP contribution in [0.5, 0.6) is 5.75 Å². The molecule has 1 amide bonds. The summed E-state index contributed by atoms with van der Waals surface area (Å²) >= 11 is 8.89. The number of carbonyl (C=O) groups excluding carboxylic acids is 2. The number of hydrogen-bond acceptors (Lipinski definition) is 8. The molecule has 1 N–H and O–H groups in total. The third kappa shape index (κ3) is 4.98. The first kappa shape index (κ1) is 25.0. The second kappa shape index (κ2) is 10.8. The van der Waals surface area contributed by atoms with Gasteiger partial charge in [-0.25, -0.2) is 0 Å². The highest BCUT2D eigenvalue weighted by atomic mass is 35.5. The lowest BCUT2D eigenvalue weighted by molar-refractivity contribution is -0.132. The van der Waals surface area contributed by atoms with Gasteiger partial charge in [-0.15, -0.1) is 10.2 Å². The van der Waals surface area contributed by atoms with Crippen LogP contribution < -0.4 is 9.64 Å². The molecule has 1 fully saturated rings. The average Bonchev–Trinajstić information content (AvgIpc) is 3.50. The molecule has 186 valence electrons. The Hall–Kier alpha value is -3.66. The van der Waals surface area contributed by atoms with Gasteiger partial charge in [-0.1, -0.05) is 95.4 Å². The maximum atomic E-state index is 13.3. The highest BCUT2D eigenvalue weighted by Crippen LogP contribution is 2.44. The largest absolute Gasteiger partial charge is 0.507 e. The number of aromatic nitrogens is 2. The summed E-state index contributed by atoms with van der Waals surface area (Å²) in [6, 6.07) is 22.3. The van der Waals surface area contributed by atoms with Crippen molar-refractivity contribution in [2.24, 2.45) is 0 Å². The van der Waals surface area contributed by atoms with E-state index in [1.807, 2.05) is 24.3 Å². The van der Waals surface area contributed by atoms with Gasteiger partial charge in [0.15, 0.2) is 4.34 Å². The second-order valence-electron chi connectivity index (χ2n) is 8.04. The Balaban J connectivity index is 1.55. The molecular weight excluding hydrogens is 530 g/mol. The number of ketones is 1. The van der Waals surface area contributed by atoms with E-state index in [0.717, 1.165) is 5.56 Å². The zero-order chi connectivity index (χ0) is 25.9. The molecule has 0 radical (unpaired) electrons. The first-order chi connectivity index (χ1) is 18.0. The fourth-order valence-corrected chi connectivity index (χ4v) is 6.17. The highest BCUT2D eigenvalue weighted by Gasteiger charge is 2.48. The van der Waals surface area contributed by atoms with Gasteiger partial charge in [0.25, 0.3) is 5.78 Å². The van der Waals surface area contributed by atoms with E-state index in [0.29, 0.717) is 32.0 Å². The second-order valence-corrected chi connectivity index (χ2v) is 10.6. The molecule has 1 unspecified atom stereocenters. The third-order valence-corrected chi connectivity index (χ3v) is 8.29. The van der Waals surface area contributed by atoms with Gasteiger partial charge in [0.2, 0.25) is 5.13 Å². The van der Waals surface area contributed by atoms with Crippen molar-refractivity contribution in [3.05, 3.63) is 106 Å². The van der Waals surface area contributed by atoms with Crippen LogP contribution in [0.3, 0.4) is 0 Å². The first-order valence-corrected chi connectivity index (χ1v) is 13.4. The van der Waals surface area contributed by atoms with E-state index >= 15 is 0 Å². The molecule has 3 aromatic carbocycles. The maximum absolute atomic E-state index is 13.3. The summed E-state index contributed by atoms with van der Waals surface area (Å²) in [5.41, 5.74) is 1.95. The number of Topliss-reactive ketones (excluding diaryl/α,β-unsaturated/α-hetero) is 1. The van der Waals surface area contributed by atoms with Crippen LogP contribution >= 0.6 is 34.7 Å². The van der Waals surface area contributed by atoms with Crippen LogP contribution in [0.15, 0.2) is 88.8 Å². The molecule has 7 nitrogen and oxygen atoms in total. The third-order valence-electron chi connectivity index (χ3n) is 5.81. The SMILES string of the molecule is COc1cccc(C2/C(=C(/O)c3ccccc3)C(=O)C(=O)N2c2nnc(SCc3ccccc3Cl)s2)c1. The van der Waals surface area contributed by atoms with Crippen molar-refractivity contribution in [1.29, 1.82) is 0 Å². The lowest BCUT2D eigenvalue weighted by atomic mass is 9.95. The van der Waals surface area contributed by atoms with Gasteiger partial charge in [-0.3, -0.25) is 14.5 Å². The van der Waals surface area contributed by atoms with Crippen molar-refractivity contribution in [3.63, 3.8) is 0 Å². The molecule has 37 heavy (non-hydrogen) atoms. The van der Waals surface area contributed by atoms with E-state index in [9.17, 15) is 14.7 Å². The van der Waals surface area contributed by atoms with E-state index in [2.05, 4.69) is 10.2 Å². The van der Waals surface area contributed by atoms with Crippen LogP contribution in [0.1, 0.15) is 22.7 Å². The molecule has 1 aromatic heterocycles. The molecule has 2 heterocycles. The number of benzene rings is 3. The fraction of sp³-hybridized carbons (Fsp3) is 0.111. The van der Waals surface area contributed by atoms with Crippen molar-refractivity contribution >= 4 is 57.3 Å². The fourth-order valence-electron chi connectivity index (χ4n) is 4.02. The lowest BCUT2D eigenvalue weighted by Gasteiger charge is -2.22. The number of ether oxygens (including phenoxy) is 1. The first-order valence-electron chi connectivity index (χ1n) is 11.2. The smallest absolute Gasteiger partial charge is 0.301 e. The molecule has 0 saturated carbocycles. The molecule has 0 aliphatic carbocycles. The summed E-state index contributed by atoms with van der Waals surface area (Å²) in [4.78, 5) is 27.9. The van der Waals surface area contributed by atoms with Gasteiger partial charge < -0.3 is 9.84 Å². The summed E-state index contributed by atoms with van der Waals surface area (Å²) in [5, 5.41) is 20.6. The lowest BCUT2D eigenvalue weighted by Crippen LogP contribution is -2.29. The van der Waals surface area contributed by atoms with Gasteiger partial charge in [0.1, 0.15) is 11.5 Å². The maximum Gasteiger partial charge on any atom is 0.301 e. The van der Waals surface area contributed by atoms with Gasteiger partial charge in [0.05, 0.1) is 18.7 Å². The zero-order valence-corrected chi connectivity index (χ0v) is 21.9. The summed E-state index contributed by atoms with van der Waals surface area (Å²) in [6.45, 7) is 0. The predicted octanol–water partition coefficient (Wildman–Crippen LogP) is 6.12. The van der Waals surface area contributed by atoms with E-state index < -0.39 is 17.7 Å². The zero-order valence-electron chi connectivity index (χ0n) is 19.5. The van der Waals surface area contributed by atoms with Gasteiger partial charge >= 0.3 is 5.91 Å². The summed E-state index contributed by atoms with van der Waals surface area (Å²) in [6.07, 6.45) is 0. The quantitative estimate of drug-likeness (QED) is 0.0976. The molecule has 0 bridgehead atoms. The van der Waals surface area contributed by atoms with Crippen molar-refractivity contribution in [3.8, 4) is 5.75 Å². The molecule has 1 saturated heterocycles. The minimum Gasteiger partial charge on any atom is -0.507 e. The molecule has 4 aromatic rings. The number of rotatable bonds is 7. The number of halogens is 1. The Morgan fingerprint density at radius 2 is 1.81 bits per heavy atom. The number of hydrogen-bond donors (Lipinski definition) is 1. The van der Waals surface area contributed by atoms with Crippen LogP contribution in [0.4, 0.5) is 5.13 Å². The van der Waals surface area contributed by atoms with E-state index in [4.69, 9.17) is 16.3 Å². The summed E-state index contributed by atoms with van der Waals surface area (Å²) in [5.74, 6) is -0.720. The number of aliphatic hydroxyl groups is 1. The highest BCUT2D eigenvalue weighted by molar-refractivity contribution is 8.00. The molecule has 5 rings (SSSR count). The standard InChI is InChI=1S/C27H20ClN3O4S2/c1-35-19-12-7-11-17(14-19)22-21(23(32)16-8-3-2-4-9-16)24(33)25(34)31(22)26-29-30-27(37-26)36-15-18-10-5-6-13-20(18)28/h2-14,22,32H,15H2,1H3/b23-21-. The molecular formula is C27H20ClN3O4S2. The Morgan fingerprint density at radius 3 is 2.57 bits per heavy atom. The van der Waals surface area contributed by atoms with Crippen molar-refractivity contribution in [2.75, 3.05) is 12.0 Å². The Morgan fingerprint density at radius 1 is 1.05 bits per heavy atom. The number of methoxy groups -OCH3 is 1. The van der Waals surface area contributed by atoms with Crippen molar-refractivity contribution in [1.82, 2.24) is 10.2 Å². The number of amides is 1. The number of aliphatic hydroxyl groups excluding tert-OH is 1. The predicted molar refractivity (Wildman–Crippen MR) is 145 cm³/mol. The average molecular weight is 550 g/mol.